The maximum Gasteiger partial charge on any atom is 0.408 e. The Balaban J connectivity index is 1.48. The summed E-state index contributed by atoms with van der Waals surface area (Å²) >= 11 is 0. The van der Waals surface area contributed by atoms with E-state index in [2.05, 4.69) is 5.32 Å². The number of carbonyl (C=O) groups is 2. The van der Waals surface area contributed by atoms with Crippen molar-refractivity contribution in [3.8, 4) is 5.75 Å². The molecule has 2 amide bonds. The van der Waals surface area contributed by atoms with Gasteiger partial charge in [-0.2, -0.15) is 0 Å². The molecule has 0 bridgehead atoms. The van der Waals surface area contributed by atoms with Crippen molar-refractivity contribution < 1.29 is 23.8 Å². The first-order valence-electron chi connectivity index (χ1n) is 8.70. The largest absolute Gasteiger partial charge is 0.491 e. The molecule has 0 spiro atoms. The highest BCUT2D eigenvalue weighted by atomic mass is 16.6. The molecule has 0 aromatic heterocycles. The average molecular weight is 370 g/mol. The quantitative estimate of drug-likeness (QED) is 0.655. The van der Waals surface area contributed by atoms with E-state index in [0.717, 1.165) is 23.5 Å². The van der Waals surface area contributed by atoms with Crippen LogP contribution in [0, 0.1) is 0 Å². The highest BCUT2D eigenvalue weighted by Gasteiger charge is 2.23. The number of hydrogen-bond donors (Lipinski definition) is 2. The topological polar surface area (TPSA) is 103 Å². The summed E-state index contributed by atoms with van der Waals surface area (Å²) in [5.74, 6) is 0.0953. The lowest BCUT2D eigenvalue weighted by Gasteiger charge is -2.16. The van der Waals surface area contributed by atoms with Crippen LogP contribution >= 0.6 is 0 Å². The molecule has 0 unspecified atom stereocenters. The smallest absolute Gasteiger partial charge is 0.408 e. The Morgan fingerprint density at radius 2 is 1.81 bits per heavy atom. The normalized spacial score (nSPS) is 16.2. The maximum atomic E-state index is 12.0. The molecule has 3 rings (SSSR count). The summed E-state index contributed by atoms with van der Waals surface area (Å²) in [6, 6.07) is 15.7. The summed E-state index contributed by atoms with van der Waals surface area (Å²) in [5.41, 5.74) is 7.11. The zero-order valence-corrected chi connectivity index (χ0v) is 14.8. The van der Waals surface area contributed by atoms with Crippen molar-refractivity contribution in [1.29, 1.82) is 0 Å². The van der Waals surface area contributed by atoms with Gasteiger partial charge in [0.25, 0.3) is 0 Å². The number of primary amides is 1. The van der Waals surface area contributed by atoms with Crippen LogP contribution in [0.2, 0.25) is 0 Å². The van der Waals surface area contributed by atoms with Gasteiger partial charge in [0.05, 0.1) is 6.61 Å². The predicted octanol–water partition coefficient (Wildman–Crippen LogP) is 1.79. The van der Waals surface area contributed by atoms with E-state index in [1.807, 2.05) is 54.6 Å². The van der Waals surface area contributed by atoms with Crippen molar-refractivity contribution in [2.75, 3.05) is 13.2 Å². The summed E-state index contributed by atoms with van der Waals surface area (Å²) < 4.78 is 15.8. The van der Waals surface area contributed by atoms with Crippen molar-refractivity contribution in [2.24, 2.45) is 5.73 Å². The third kappa shape index (κ3) is 6.31. The van der Waals surface area contributed by atoms with Gasteiger partial charge in [-0.05, 0) is 23.3 Å². The van der Waals surface area contributed by atoms with Crippen LogP contribution in [0.5, 0.6) is 5.75 Å². The van der Waals surface area contributed by atoms with Gasteiger partial charge in [-0.3, -0.25) is 4.79 Å². The standard InChI is InChI=1S/C20H22N2O5/c21-19(23)18(22-20(24)27-11-15-4-2-1-3-5-15)10-14-6-8-16(9-7-14)25-12-17-13-26-17/h1-9,17-18H,10-13H2,(H2,21,23)(H,22,24)/t17-,18-/m0/s1. The van der Waals surface area contributed by atoms with Crippen LogP contribution < -0.4 is 15.8 Å². The molecule has 1 saturated heterocycles. The van der Waals surface area contributed by atoms with E-state index in [9.17, 15) is 9.59 Å². The highest BCUT2D eigenvalue weighted by Crippen LogP contribution is 2.16. The Bertz CT molecular complexity index is 760. The van der Waals surface area contributed by atoms with Crippen LogP contribution in [0.3, 0.4) is 0 Å². The predicted molar refractivity (Wildman–Crippen MR) is 98.1 cm³/mol. The second-order valence-corrected chi connectivity index (χ2v) is 6.28. The molecule has 3 N–H and O–H groups in total. The van der Waals surface area contributed by atoms with E-state index in [-0.39, 0.29) is 19.1 Å². The third-order valence-corrected chi connectivity index (χ3v) is 4.05. The third-order valence-electron chi connectivity index (χ3n) is 4.05. The monoisotopic (exact) mass is 370 g/mol. The first-order chi connectivity index (χ1) is 13.1. The zero-order chi connectivity index (χ0) is 19.1. The van der Waals surface area contributed by atoms with E-state index in [0.29, 0.717) is 6.61 Å². The lowest BCUT2D eigenvalue weighted by atomic mass is 10.1. The van der Waals surface area contributed by atoms with Crippen LogP contribution in [0.15, 0.2) is 54.6 Å². The first-order valence-corrected chi connectivity index (χ1v) is 8.70. The molecule has 1 aliphatic rings. The van der Waals surface area contributed by atoms with Gasteiger partial charge in [0, 0.05) is 6.42 Å². The molecule has 0 radical (unpaired) electrons. The van der Waals surface area contributed by atoms with Crippen molar-refractivity contribution in [3.63, 3.8) is 0 Å². The van der Waals surface area contributed by atoms with Crippen molar-refractivity contribution in [1.82, 2.24) is 5.32 Å². The molecule has 2 aromatic carbocycles. The maximum absolute atomic E-state index is 12.0. The minimum atomic E-state index is -0.861. The van der Waals surface area contributed by atoms with Crippen LogP contribution in [0.1, 0.15) is 11.1 Å². The van der Waals surface area contributed by atoms with E-state index in [4.69, 9.17) is 19.9 Å². The number of amides is 2. The fraction of sp³-hybridized carbons (Fsp3) is 0.300. The minimum absolute atomic E-state index is 0.120. The van der Waals surface area contributed by atoms with Crippen molar-refractivity contribution >= 4 is 12.0 Å². The molecule has 0 saturated carbocycles. The van der Waals surface area contributed by atoms with Gasteiger partial charge < -0.3 is 25.3 Å². The lowest BCUT2D eigenvalue weighted by Crippen LogP contribution is -2.46. The molecular weight excluding hydrogens is 348 g/mol. The number of alkyl carbamates (subject to hydrolysis) is 1. The van der Waals surface area contributed by atoms with Gasteiger partial charge >= 0.3 is 6.09 Å². The van der Waals surface area contributed by atoms with Crippen LogP contribution in [-0.2, 0) is 27.3 Å². The molecule has 2 aromatic rings. The van der Waals surface area contributed by atoms with E-state index in [1.165, 1.54) is 0 Å². The second kappa shape index (κ2) is 9.05. The summed E-state index contributed by atoms with van der Waals surface area (Å²) in [6.07, 6.45) is -0.232. The van der Waals surface area contributed by atoms with Gasteiger partial charge in [-0.15, -0.1) is 0 Å². The lowest BCUT2D eigenvalue weighted by molar-refractivity contribution is -0.119. The minimum Gasteiger partial charge on any atom is -0.491 e. The van der Waals surface area contributed by atoms with Crippen LogP contribution in [-0.4, -0.2) is 37.4 Å². The molecule has 1 aliphatic heterocycles. The first kappa shape index (κ1) is 18.7. The average Bonchev–Trinajstić information content (AvgIpc) is 3.50. The summed E-state index contributed by atoms with van der Waals surface area (Å²) in [5, 5.41) is 2.51. The molecule has 0 aliphatic carbocycles. The van der Waals surface area contributed by atoms with Gasteiger partial charge in [0.2, 0.25) is 5.91 Å². The van der Waals surface area contributed by atoms with Crippen LogP contribution in [0.4, 0.5) is 4.79 Å². The molecular formula is C20H22N2O5. The molecule has 7 nitrogen and oxygen atoms in total. The Hall–Kier alpha value is -3.06. The summed E-state index contributed by atoms with van der Waals surface area (Å²) in [4.78, 5) is 23.6. The Kier molecular flexibility index (Phi) is 6.27. The van der Waals surface area contributed by atoms with Gasteiger partial charge in [0.15, 0.2) is 0 Å². The van der Waals surface area contributed by atoms with E-state index >= 15 is 0 Å². The fourth-order valence-corrected chi connectivity index (χ4v) is 2.44. The Morgan fingerprint density at radius 1 is 1.11 bits per heavy atom. The Labute approximate surface area is 157 Å². The highest BCUT2D eigenvalue weighted by molar-refractivity contribution is 5.84. The number of benzene rings is 2. The molecule has 2 atom stereocenters. The van der Waals surface area contributed by atoms with E-state index < -0.39 is 18.0 Å². The van der Waals surface area contributed by atoms with Crippen molar-refractivity contribution in [2.45, 2.75) is 25.2 Å². The number of nitrogens with two attached hydrogens (primary N) is 1. The molecule has 1 heterocycles. The molecule has 7 heteroatoms. The van der Waals surface area contributed by atoms with Gasteiger partial charge in [-0.1, -0.05) is 42.5 Å². The SMILES string of the molecule is NC(=O)[C@H](Cc1ccc(OC[C@H]2CO2)cc1)NC(=O)OCc1ccccc1. The number of epoxide rings is 1. The summed E-state index contributed by atoms with van der Waals surface area (Å²) in [6.45, 7) is 1.39. The zero-order valence-electron chi connectivity index (χ0n) is 14.8. The second-order valence-electron chi connectivity index (χ2n) is 6.28. The number of hydrogen-bond acceptors (Lipinski definition) is 5. The fourth-order valence-electron chi connectivity index (χ4n) is 2.44. The van der Waals surface area contributed by atoms with Crippen molar-refractivity contribution in [3.05, 3.63) is 65.7 Å². The Morgan fingerprint density at radius 3 is 2.44 bits per heavy atom. The molecule has 1 fully saturated rings. The summed E-state index contributed by atoms with van der Waals surface area (Å²) in [7, 11) is 0. The van der Waals surface area contributed by atoms with E-state index in [1.54, 1.807) is 0 Å². The molecule has 27 heavy (non-hydrogen) atoms. The van der Waals surface area contributed by atoms with Gasteiger partial charge in [-0.25, -0.2) is 4.79 Å². The number of nitrogens with one attached hydrogen (secondary N) is 1. The molecule has 142 valence electrons. The number of carbonyl (C=O) groups excluding carboxylic acids is 2. The van der Waals surface area contributed by atoms with Gasteiger partial charge in [0.1, 0.15) is 31.1 Å². The number of rotatable bonds is 9. The van der Waals surface area contributed by atoms with Crippen LogP contribution in [0.25, 0.3) is 0 Å². The number of ether oxygens (including phenoxy) is 3.